The number of benzene rings is 1. The largest absolute Gasteiger partial charge is 0.435 e. The molecule has 9 heteroatoms. The van der Waals surface area contributed by atoms with Gasteiger partial charge < -0.3 is 0 Å². The number of hydrogen-bond donors (Lipinski definition) is 0. The van der Waals surface area contributed by atoms with Crippen LogP contribution < -0.4 is 0 Å². The highest BCUT2D eigenvalue weighted by Gasteiger charge is 2.40. The fourth-order valence-electron chi connectivity index (χ4n) is 5.03. The van der Waals surface area contributed by atoms with Crippen molar-refractivity contribution in [2.45, 2.75) is 57.2 Å². The molecule has 1 fully saturated rings. The van der Waals surface area contributed by atoms with Crippen LogP contribution in [-0.2, 0) is 41.9 Å². The maximum Gasteiger partial charge on any atom is 0.435 e. The molecule has 3 aliphatic rings. The van der Waals surface area contributed by atoms with Crippen molar-refractivity contribution in [1.29, 1.82) is 0 Å². The van der Waals surface area contributed by atoms with E-state index in [-0.39, 0.29) is 11.8 Å². The minimum absolute atomic E-state index is 0.0926. The third kappa shape index (κ3) is 3.18. The summed E-state index contributed by atoms with van der Waals surface area (Å²) in [5.74, 6) is 0.199. The first-order valence-corrected chi connectivity index (χ1v) is 11.6. The van der Waals surface area contributed by atoms with Gasteiger partial charge in [-0.1, -0.05) is 6.07 Å². The molecule has 0 radical (unpaired) electrons. The Morgan fingerprint density at radius 1 is 1.03 bits per heavy atom. The number of alkyl halides is 3. The van der Waals surface area contributed by atoms with E-state index < -0.39 is 21.9 Å². The van der Waals surface area contributed by atoms with E-state index in [2.05, 4.69) is 5.10 Å². The molecule has 1 aromatic carbocycles. The maximum atomic E-state index is 13.5. The summed E-state index contributed by atoms with van der Waals surface area (Å²) in [6.07, 6.45) is 0.0401. The second-order valence-corrected chi connectivity index (χ2v) is 10.2. The summed E-state index contributed by atoms with van der Waals surface area (Å²) in [7, 11) is -3.18. The Morgan fingerprint density at radius 2 is 1.79 bits per heavy atom. The molecule has 5 nitrogen and oxygen atoms in total. The molecule has 156 valence electrons. The van der Waals surface area contributed by atoms with Crippen molar-refractivity contribution in [1.82, 2.24) is 14.1 Å². The zero-order valence-corrected chi connectivity index (χ0v) is 16.7. The highest BCUT2D eigenvalue weighted by molar-refractivity contribution is 7.89. The van der Waals surface area contributed by atoms with Crippen LogP contribution in [0.1, 0.15) is 47.3 Å². The van der Waals surface area contributed by atoms with E-state index in [1.165, 1.54) is 4.68 Å². The first-order valence-electron chi connectivity index (χ1n) is 10.0. The van der Waals surface area contributed by atoms with Gasteiger partial charge in [0.15, 0.2) is 5.69 Å². The minimum Gasteiger partial charge on any atom is -0.237 e. The average Bonchev–Trinajstić information content (AvgIpc) is 3.34. The number of aromatic nitrogens is 2. The Labute approximate surface area is 167 Å². The lowest BCUT2D eigenvalue weighted by molar-refractivity contribution is -0.142. The van der Waals surface area contributed by atoms with Crippen molar-refractivity contribution < 1.29 is 21.6 Å². The number of halogens is 3. The molecular weight excluding hydrogens is 403 g/mol. The van der Waals surface area contributed by atoms with Crippen LogP contribution in [0.3, 0.4) is 0 Å². The molecule has 0 spiro atoms. The SMILES string of the molecule is O=S1(=O)CCCN1[C@@H]1Cc2ccc(-n3nc(C(F)(F)F)c4c3CCCC4)cc2C1. The van der Waals surface area contributed by atoms with Gasteiger partial charge in [-0.25, -0.2) is 13.1 Å². The first-order chi connectivity index (χ1) is 13.7. The van der Waals surface area contributed by atoms with E-state index in [1.54, 1.807) is 4.31 Å². The summed E-state index contributed by atoms with van der Waals surface area (Å²) >= 11 is 0. The Hall–Kier alpha value is -1.87. The smallest absolute Gasteiger partial charge is 0.237 e. The number of hydrogen-bond acceptors (Lipinski definition) is 3. The predicted molar refractivity (Wildman–Crippen MR) is 102 cm³/mol. The van der Waals surface area contributed by atoms with Gasteiger partial charge in [-0.3, -0.25) is 0 Å². The summed E-state index contributed by atoms with van der Waals surface area (Å²) in [5, 5.41) is 3.96. The van der Waals surface area contributed by atoms with Crippen molar-refractivity contribution >= 4 is 10.0 Å². The van der Waals surface area contributed by atoms with Gasteiger partial charge in [0.1, 0.15) is 0 Å². The molecule has 2 heterocycles. The lowest BCUT2D eigenvalue weighted by Crippen LogP contribution is -2.37. The molecule has 0 saturated carbocycles. The van der Waals surface area contributed by atoms with Gasteiger partial charge in [0.05, 0.1) is 11.4 Å². The monoisotopic (exact) mass is 425 g/mol. The predicted octanol–water partition coefficient (Wildman–Crippen LogP) is 3.27. The highest BCUT2D eigenvalue weighted by atomic mass is 32.2. The zero-order chi connectivity index (χ0) is 20.4. The third-order valence-corrected chi connectivity index (χ3v) is 8.34. The molecule has 2 aliphatic carbocycles. The molecule has 1 atom stereocenters. The lowest BCUT2D eigenvalue weighted by atomic mass is 9.95. The molecule has 0 N–H and O–H groups in total. The molecule has 29 heavy (non-hydrogen) atoms. The van der Waals surface area contributed by atoms with E-state index in [0.29, 0.717) is 55.6 Å². The standard InChI is InChI=1S/C20H22F3N3O2S/c21-20(22,23)19-17-4-1-2-5-18(17)26(24-19)15-7-6-13-10-16(12-14(13)11-15)25-8-3-9-29(25,27)28/h6-7,11,16H,1-5,8-10,12H2/t16-/m1/s1. The van der Waals surface area contributed by atoms with Crippen molar-refractivity contribution in [3.8, 4) is 5.69 Å². The van der Waals surface area contributed by atoms with E-state index in [1.807, 2.05) is 18.2 Å². The second-order valence-electron chi connectivity index (χ2n) is 8.19. The fourth-order valence-corrected chi connectivity index (χ4v) is 6.76. The molecule has 1 aromatic heterocycles. The van der Waals surface area contributed by atoms with E-state index in [9.17, 15) is 21.6 Å². The summed E-state index contributed by atoms with van der Waals surface area (Å²) in [4.78, 5) is 0. The average molecular weight is 425 g/mol. The summed E-state index contributed by atoms with van der Waals surface area (Å²) < 4.78 is 68.0. The maximum absolute atomic E-state index is 13.5. The Balaban J connectivity index is 1.50. The van der Waals surface area contributed by atoms with Crippen LogP contribution in [0.25, 0.3) is 5.69 Å². The Kier molecular flexibility index (Phi) is 4.33. The van der Waals surface area contributed by atoms with Gasteiger partial charge in [-0.05, 0) is 68.2 Å². The number of fused-ring (bicyclic) bond motifs is 2. The van der Waals surface area contributed by atoms with Gasteiger partial charge in [0.25, 0.3) is 0 Å². The van der Waals surface area contributed by atoms with Crippen molar-refractivity contribution in [2.75, 3.05) is 12.3 Å². The number of rotatable bonds is 2. The molecular formula is C20H22F3N3O2S. The second kappa shape index (κ2) is 6.57. The zero-order valence-electron chi connectivity index (χ0n) is 15.9. The lowest BCUT2D eigenvalue weighted by Gasteiger charge is -2.21. The van der Waals surface area contributed by atoms with Crippen LogP contribution in [0.4, 0.5) is 13.2 Å². The Morgan fingerprint density at radius 3 is 2.52 bits per heavy atom. The van der Waals surface area contributed by atoms with Gasteiger partial charge in [0.2, 0.25) is 10.0 Å². The summed E-state index contributed by atoms with van der Waals surface area (Å²) in [6, 6.07) is 5.52. The van der Waals surface area contributed by atoms with E-state index in [0.717, 1.165) is 24.0 Å². The summed E-state index contributed by atoms with van der Waals surface area (Å²) in [5.41, 5.74) is 2.91. The van der Waals surface area contributed by atoms with Crippen LogP contribution in [0, 0.1) is 0 Å². The van der Waals surface area contributed by atoms with Crippen LogP contribution in [0.2, 0.25) is 0 Å². The molecule has 0 unspecified atom stereocenters. The normalized spacial score (nSPS) is 23.9. The molecule has 0 amide bonds. The van der Waals surface area contributed by atoms with Gasteiger partial charge in [0, 0.05) is 23.8 Å². The number of sulfonamides is 1. The van der Waals surface area contributed by atoms with Crippen molar-refractivity contribution in [2.24, 2.45) is 0 Å². The Bertz CT molecular complexity index is 1080. The topological polar surface area (TPSA) is 55.2 Å². The molecule has 1 aliphatic heterocycles. The summed E-state index contributed by atoms with van der Waals surface area (Å²) in [6.45, 7) is 0.551. The minimum atomic E-state index is -4.46. The number of nitrogens with zero attached hydrogens (tertiary/aromatic N) is 3. The van der Waals surface area contributed by atoms with E-state index in [4.69, 9.17) is 0 Å². The van der Waals surface area contributed by atoms with Crippen molar-refractivity contribution in [3.63, 3.8) is 0 Å². The van der Waals surface area contributed by atoms with Crippen LogP contribution >= 0.6 is 0 Å². The third-order valence-electron chi connectivity index (χ3n) is 6.34. The van der Waals surface area contributed by atoms with Crippen LogP contribution in [0.5, 0.6) is 0 Å². The van der Waals surface area contributed by atoms with Gasteiger partial charge in [-0.2, -0.15) is 22.6 Å². The van der Waals surface area contributed by atoms with Crippen molar-refractivity contribution in [3.05, 3.63) is 46.3 Å². The molecule has 1 saturated heterocycles. The highest BCUT2D eigenvalue weighted by Crippen LogP contribution is 2.38. The van der Waals surface area contributed by atoms with Crippen LogP contribution in [0.15, 0.2) is 18.2 Å². The van der Waals surface area contributed by atoms with E-state index >= 15 is 0 Å². The fraction of sp³-hybridized carbons (Fsp3) is 0.550. The quantitative estimate of drug-likeness (QED) is 0.742. The first kappa shape index (κ1) is 19.1. The molecule has 2 aromatic rings. The van der Waals surface area contributed by atoms with Crippen LogP contribution in [-0.4, -0.2) is 40.8 Å². The molecule has 5 rings (SSSR count). The van der Waals surface area contributed by atoms with Gasteiger partial charge in [-0.15, -0.1) is 0 Å². The molecule has 0 bridgehead atoms. The van der Waals surface area contributed by atoms with Gasteiger partial charge >= 0.3 is 6.18 Å².